The van der Waals surface area contributed by atoms with Crippen LogP contribution in [0.2, 0.25) is 0 Å². The van der Waals surface area contributed by atoms with Crippen LogP contribution < -0.4 is 9.80 Å². The van der Waals surface area contributed by atoms with Crippen molar-refractivity contribution in [2.45, 2.75) is 25.5 Å². The summed E-state index contributed by atoms with van der Waals surface area (Å²) in [4.78, 5) is 28.2. The summed E-state index contributed by atoms with van der Waals surface area (Å²) in [6, 6.07) is 18.2. The predicted molar refractivity (Wildman–Crippen MR) is 95.4 cm³/mol. The molecule has 2 aromatic rings. The predicted octanol–water partition coefficient (Wildman–Crippen LogP) is 2.75. The van der Waals surface area contributed by atoms with Crippen molar-refractivity contribution in [3.63, 3.8) is 0 Å². The van der Waals surface area contributed by atoms with Crippen LogP contribution in [0.5, 0.6) is 0 Å². The fourth-order valence-corrected chi connectivity index (χ4v) is 3.49. The molecule has 25 heavy (non-hydrogen) atoms. The molecular weight excluding hydrogens is 316 g/mol. The smallest absolute Gasteiger partial charge is 0.306 e. The average Bonchev–Trinajstić information content (AvgIpc) is 3.09. The highest BCUT2D eigenvalue weighted by Gasteiger charge is 2.36. The highest BCUT2D eigenvalue weighted by molar-refractivity contribution is 6.02. The van der Waals surface area contributed by atoms with Crippen LogP contribution in [-0.4, -0.2) is 31.1 Å². The van der Waals surface area contributed by atoms with Crippen molar-refractivity contribution in [3.05, 3.63) is 60.2 Å². The molecule has 0 saturated carbocycles. The number of hydrogen-bond donors (Lipinski definition) is 0. The van der Waals surface area contributed by atoms with Crippen molar-refractivity contribution in [2.24, 2.45) is 0 Å². The summed E-state index contributed by atoms with van der Waals surface area (Å²) in [5, 5.41) is 0. The second kappa shape index (κ2) is 6.59. The van der Waals surface area contributed by atoms with Gasteiger partial charge in [-0.25, -0.2) is 0 Å². The molecule has 0 N–H and O–H groups in total. The molecule has 1 saturated heterocycles. The van der Waals surface area contributed by atoms with Gasteiger partial charge in [0.1, 0.15) is 0 Å². The molecule has 128 valence electrons. The van der Waals surface area contributed by atoms with Gasteiger partial charge in [-0.2, -0.15) is 0 Å². The molecule has 5 heteroatoms. The van der Waals surface area contributed by atoms with Gasteiger partial charge in [0.05, 0.1) is 11.4 Å². The lowest BCUT2D eigenvalue weighted by atomic mass is 10.1. The molecule has 0 spiro atoms. The summed E-state index contributed by atoms with van der Waals surface area (Å²) < 4.78 is 5.17. The lowest BCUT2D eigenvalue weighted by molar-refractivity contribution is -0.147. The van der Waals surface area contributed by atoms with Crippen molar-refractivity contribution in [3.8, 4) is 0 Å². The summed E-state index contributed by atoms with van der Waals surface area (Å²) in [5.41, 5.74) is 3.16. The zero-order chi connectivity index (χ0) is 17.2. The zero-order valence-corrected chi connectivity index (χ0v) is 13.9. The lowest BCUT2D eigenvalue weighted by Crippen LogP contribution is -2.47. The lowest BCUT2D eigenvalue weighted by Gasteiger charge is -2.38. The van der Waals surface area contributed by atoms with Crippen LogP contribution in [0.3, 0.4) is 0 Å². The number of carbonyl (C=O) groups excluding carboxylic acids is 2. The summed E-state index contributed by atoms with van der Waals surface area (Å²) in [6.07, 6.45) is 0.164. The third-order valence-electron chi connectivity index (χ3n) is 4.75. The number of amides is 1. The zero-order valence-electron chi connectivity index (χ0n) is 13.9. The minimum Gasteiger partial charge on any atom is -0.452 e. The largest absolute Gasteiger partial charge is 0.452 e. The Morgan fingerprint density at radius 2 is 1.72 bits per heavy atom. The number of fused-ring (bicyclic) bond motifs is 1. The minimum absolute atomic E-state index is 0.113. The summed E-state index contributed by atoms with van der Waals surface area (Å²) >= 11 is 0. The van der Waals surface area contributed by atoms with Crippen molar-refractivity contribution >= 4 is 23.3 Å². The quantitative estimate of drug-likeness (QED) is 0.809. The van der Waals surface area contributed by atoms with Gasteiger partial charge in [0.15, 0.2) is 6.10 Å². The maximum atomic E-state index is 12.8. The van der Waals surface area contributed by atoms with E-state index in [1.54, 1.807) is 4.90 Å². The number of ether oxygens (including phenoxy) is 1. The van der Waals surface area contributed by atoms with E-state index in [4.69, 9.17) is 4.74 Å². The van der Waals surface area contributed by atoms with E-state index in [2.05, 4.69) is 17.0 Å². The van der Waals surface area contributed by atoms with Gasteiger partial charge < -0.3 is 14.5 Å². The van der Waals surface area contributed by atoms with Crippen molar-refractivity contribution in [1.29, 1.82) is 0 Å². The van der Waals surface area contributed by atoms with Gasteiger partial charge in [-0.3, -0.25) is 9.59 Å². The Bertz CT molecular complexity index is 791. The Labute approximate surface area is 146 Å². The van der Waals surface area contributed by atoms with Crippen LogP contribution in [-0.2, 0) is 20.9 Å². The normalized spacial score (nSPS) is 19.5. The maximum absolute atomic E-state index is 12.8. The van der Waals surface area contributed by atoms with Gasteiger partial charge in [0.2, 0.25) is 0 Å². The van der Waals surface area contributed by atoms with Crippen molar-refractivity contribution in [2.75, 3.05) is 22.9 Å². The first-order valence-corrected chi connectivity index (χ1v) is 8.61. The summed E-state index contributed by atoms with van der Waals surface area (Å²) in [5.74, 6) is -0.396. The Morgan fingerprint density at radius 1 is 1.00 bits per heavy atom. The number of para-hydroxylation sites is 2. The first kappa shape index (κ1) is 15.7. The molecule has 1 amide bonds. The van der Waals surface area contributed by atoms with Gasteiger partial charge in [-0.15, -0.1) is 0 Å². The third-order valence-corrected chi connectivity index (χ3v) is 4.75. The average molecular weight is 336 g/mol. The van der Waals surface area contributed by atoms with E-state index in [0.717, 1.165) is 24.5 Å². The number of esters is 1. The van der Waals surface area contributed by atoms with Crippen LogP contribution in [0.25, 0.3) is 0 Å². The first-order valence-electron chi connectivity index (χ1n) is 8.61. The van der Waals surface area contributed by atoms with Crippen molar-refractivity contribution in [1.82, 2.24) is 0 Å². The van der Waals surface area contributed by atoms with Crippen molar-refractivity contribution < 1.29 is 14.3 Å². The highest BCUT2D eigenvalue weighted by atomic mass is 16.6. The molecule has 1 atom stereocenters. The van der Waals surface area contributed by atoms with Crippen LogP contribution in [0.4, 0.5) is 11.4 Å². The molecule has 0 aromatic heterocycles. The van der Waals surface area contributed by atoms with Crippen LogP contribution >= 0.6 is 0 Å². The number of anilines is 2. The van der Waals surface area contributed by atoms with Crippen LogP contribution in [0.1, 0.15) is 18.4 Å². The molecule has 2 heterocycles. The molecule has 1 unspecified atom stereocenters. The molecule has 1 fully saturated rings. The van der Waals surface area contributed by atoms with E-state index in [0.29, 0.717) is 19.4 Å². The molecule has 0 bridgehead atoms. The Morgan fingerprint density at radius 3 is 2.44 bits per heavy atom. The van der Waals surface area contributed by atoms with Crippen LogP contribution in [0.15, 0.2) is 54.6 Å². The first-order chi connectivity index (χ1) is 12.2. The topological polar surface area (TPSA) is 49.9 Å². The van der Waals surface area contributed by atoms with E-state index in [-0.39, 0.29) is 11.9 Å². The monoisotopic (exact) mass is 336 g/mol. The minimum atomic E-state index is -0.638. The number of hydrogen-bond acceptors (Lipinski definition) is 4. The van der Waals surface area contributed by atoms with Gasteiger partial charge in [0.25, 0.3) is 5.91 Å². The Hall–Kier alpha value is -2.82. The van der Waals surface area contributed by atoms with Gasteiger partial charge in [-0.1, -0.05) is 42.5 Å². The number of cyclic esters (lactones) is 1. The molecule has 2 aliphatic rings. The third kappa shape index (κ3) is 3.09. The van der Waals surface area contributed by atoms with E-state index >= 15 is 0 Å². The Kier molecular flexibility index (Phi) is 4.14. The van der Waals surface area contributed by atoms with E-state index < -0.39 is 6.10 Å². The maximum Gasteiger partial charge on any atom is 0.306 e. The highest BCUT2D eigenvalue weighted by Crippen LogP contribution is 2.35. The standard InChI is InChI=1S/C20H20N2O3/c23-19-11-10-18(25-19)20(24)22-13-12-21(14-15-6-2-1-3-7-15)16-8-4-5-9-17(16)22/h1-9,18H,10-14H2. The number of carbonyl (C=O) groups is 2. The number of rotatable bonds is 3. The van der Waals surface area contributed by atoms with E-state index in [9.17, 15) is 9.59 Å². The molecule has 2 aliphatic heterocycles. The molecule has 5 nitrogen and oxygen atoms in total. The molecule has 0 aliphatic carbocycles. The fourth-order valence-electron chi connectivity index (χ4n) is 3.49. The SMILES string of the molecule is O=C1CCC(C(=O)N2CCN(Cc3ccccc3)c3ccccc32)O1. The Balaban J connectivity index is 1.58. The van der Waals surface area contributed by atoms with Gasteiger partial charge >= 0.3 is 5.97 Å². The van der Waals surface area contributed by atoms with Crippen LogP contribution in [0, 0.1) is 0 Å². The second-order valence-corrected chi connectivity index (χ2v) is 6.40. The van der Waals surface area contributed by atoms with E-state index in [1.807, 2.05) is 42.5 Å². The van der Waals surface area contributed by atoms with E-state index in [1.165, 1.54) is 5.56 Å². The number of nitrogens with zero attached hydrogens (tertiary/aromatic N) is 2. The van der Waals surface area contributed by atoms with Gasteiger partial charge in [-0.05, 0) is 17.7 Å². The summed E-state index contributed by atoms with van der Waals surface area (Å²) in [7, 11) is 0. The molecule has 4 rings (SSSR count). The summed E-state index contributed by atoms with van der Waals surface area (Å²) in [6.45, 7) is 2.15. The van der Waals surface area contributed by atoms with Gasteiger partial charge in [0, 0.05) is 32.5 Å². The molecular formula is C20H20N2O3. The molecule has 0 radical (unpaired) electrons. The molecule has 2 aromatic carbocycles. The fraction of sp³-hybridized carbons (Fsp3) is 0.300. The number of benzene rings is 2. The second-order valence-electron chi connectivity index (χ2n) is 6.40.